The molecule has 0 aromatic heterocycles. The fraction of sp³-hybridized carbons (Fsp3) is 0.147. The monoisotopic (exact) mass is 611 g/mol. The first-order valence-electron chi connectivity index (χ1n) is 13.7. The zero-order valence-electron chi connectivity index (χ0n) is 24.6. The van der Waals surface area contributed by atoms with Gasteiger partial charge in [0.15, 0.2) is 0 Å². The van der Waals surface area contributed by atoms with Crippen LogP contribution >= 0.6 is 11.8 Å². The highest BCUT2D eigenvalue weighted by Crippen LogP contribution is 2.27. The van der Waals surface area contributed by atoms with Gasteiger partial charge in [-0.15, -0.1) is 11.8 Å². The van der Waals surface area contributed by atoms with Crippen molar-refractivity contribution in [1.29, 1.82) is 0 Å². The number of nitrogens with one attached hydrogen (secondary N) is 3. The summed E-state index contributed by atoms with van der Waals surface area (Å²) >= 11 is 1.35. The van der Waals surface area contributed by atoms with Gasteiger partial charge in [0.1, 0.15) is 22.9 Å². The Labute approximate surface area is 260 Å². The summed E-state index contributed by atoms with van der Waals surface area (Å²) in [6, 6.07) is 28.1. The Morgan fingerprint density at radius 1 is 0.750 bits per heavy atom. The second kappa shape index (κ2) is 15.9. The molecule has 4 aromatic carbocycles. The van der Waals surface area contributed by atoms with E-state index < -0.39 is 11.8 Å². The van der Waals surface area contributed by atoms with Gasteiger partial charge in [0.25, 0.3) is 11.8 Å². The van der Waals surface area contributed by atoms with Crippen LogP contribution in [0.4, 0.5) is 11.4 Å². The van der Waals surface area contributed by atoms with Crippen LogP contribution in [0.2, 0.25) is 0 Å². The molecule has 0 spiro atoms. The van der Waals surface area contributed by atoms with Crippen molar-refractivity contribution in [2.24, 2.45) is 0 Å². The molecule has 4 aromatic rings. The summed E-state index contributed by atoms with van der Waals surface area (Å²) in [6.45, 7) is 2.44. The normalized spacial score (nSPS) is 10.8. The third-order valence-electron chi connectivity index (χ3n) is 6.15. The number of carbonyl (C=O) groups is 3. The minimum absolute atomic E-state index is 0.0762. The third-order valence-corrected chi connectivity index (χ3v) is 7.16. The van der Waals surface area contributed by atoms with Crippen molar-refractivity contribution in [2.45, 2.75) is 11.8 Å². The summed E-state index contributed by atoms with van der Waals surface area (Å²) in [5, 5.41) is 8.42. The molecule has 0 unspecified atom stereocenters. The van der Waals surface area contributed by atoms with Gasteiger partial charge in [-0.05, 0) is 67.1 Å². The second-order valence-corrected chi connectivity index (χ2v) is 10.3. The van der Waals surface area contributed by atoms with Gasteiger partial charge in [-0.25, -0.2) is 0 Å². The van der Waals surface area contributed by atoms with Crippen LogP contribution in [-0.2, 0) is 9.59 Å². The van der Waals surface area contributed by atoms with Crippen LogP contribution in [0.25, 0.3) is 6.08 Å². The largest absolute Gasteiger partial charge is 0.497 e. The summed E-state index contributed by atoms with van der Waals surface area (Å²) in [5.41, 5.74) is 2.31. The minimum Gasteiger partial charge on any atom is -0.497 e. The highest BCUT2D eigenvalue weighted by atomic mass is 32.2. The summed E-state index contributed by atoms with van der Waals surface area (Å²) in [5.74, 6) is 0.933. The lowest BCUT2D eigenvalue weighted by atomic mass is 10.1. The first-order valence-corrected chi connectivity index (χ1v) is 14.7. The molecule has 0 atom stereocenters. The van der Waals surface area contributed by atoms with E-state index in [4.69, 9.17) is 14.2 Å². The van der Waals surface area contributed by atoms with Crippen molar-refractivity contribution in [3.8, 4) is 17.2 Å². The van der Waals surface area contributed by atoms with Gasteiger partial charge in [0, 0.05) is 40.0 Å². The molecule has 0 heterocycles. The van der Waals surface area contributed by atoms with E-state index >= 15 is 0 Å². The van der Waals surface area contributed by atoms with E-state index in [-0.39, 0.29) is 17.4 Å². The molecular formula is C34H33N3O6S. The first kappa shape index (κ1) is 31.7. The Kier molecular flexibility index (Phi) is 11.4. The maximum atomic E-state index is 13.3. The number of anilines is 2. The van der Waals surface area contributed by atoms with Crippen LogP contribution in [0.3, 0.4) is 0 Å². The second-order valence-electron chi connectivity index (χ2n) is 9.30. The molecule has 3 N–H and O–H groups in total. The summed E-state index contributed by atoms with van der Waals surface area (Å²) in [4.78, 5) is 39.6. The van der Waals surface area contributed by atoms with E-state index in [1.54, 1.807) is 111 Å². The number of hydrogen-bond donors (Lipinski definition) is 3. The molecule has 0 saturated carbocycles. The minimum atomic E-state index is -0.489. The third kappa shape index (κ3) is 9.40. The molecule has 0 radical (unpaired) electrons. The molecule has 0 aliphatic rings. The maximum Gasteiger partial charge on any atom is 0.272 e. The number of methoxy groups -OCH3 is 2. The molecule has 0 aliphatic heterocycles. The number of amides is 3. The van der Waals surface area contributed by atoms with Crippen LogP contribution in [-0.4, -0.2) is 44.3 Å². The molecule has 10 heteroatoms. The zero-order valence-corrected chi connectivity index (χ0v) is 25.4. The molecule has 226 valence electrons. The Hall–Kier alpha value is -5.22. The highest BCUT2D eigenvalue weighted by molar-refractivity contribution is 8.00. The average molecular weight is 612 g/mol. The molecule has 0 aliphatic carbocycles. The molecule has 0 bridgehead atoms. The van der Waals surface area contributed by atoms with E-state index in [2.05, 4.69) is 16.0 Å². The van der Waals surface area contributed by atoms with E-state index in [0.29, 0.717) is 46.4 Å². The van der Waals surface area contributed by atoms with Crippen molar-refractivity contribution in [3.05, 3.63) is 114 Å². The van der Waals surface area contributed by atoms with Gasteiger partial charge in [-0.1, -0.05) is 30.3 Å². The molecule has 0 fully saturated rings. The Morgan fingerprint density at radius 3 is 2.02 bits per heavy atom. The van der Waals surface area contributed by atoms with Crippen molar-refractivity contribution >= 4 is 46.9 Å². The summed E-state index contributed by atoms with van der Waals surface area (Å²) in [6.07, 6.45) is 1.60. The molecule has 9 nitrogen and oxygen atoms in total. The Bertz CT molecular complexity index is 1580. The predicted molar refractivity (Wildman–Crippen MR) is 173 cm³/mol. The molecule has 4 rings (SSSR count). The van der Waals surface area contributed by atoms with Crippen LogP contribution in [0, 0.1) is 0 Å². The fourth-order valence-corrected chi connectivity index (χ4v) is 4.69. The Balaban J connectivity index is 1.40. The predicted octanol–water partition coefficient (Wildman–Crippen LogP) is 6.24. The lowest BCUT2D eigenvalue weighted by Crippen LogP contribution is -2.30. The average Bonchev–Trinajstić information content (AvgIpc) is 3.05. The first-order chi connectivity index (χ1) is 21.4. The van der Waals surface area contributed by atoms with Crippen LogP contribution in [0.5, 0.6) is 17.2 Å². The highest BCUT2D eigenvalue weighted by Gasteiger charge is 2.15. The number of thioether (sulfide) groups is 1. The van der Waals surface area contributed by atoms with Crippen molar-refractivity contribution in [3.63, 3.8) is 0 Å². The number of carbonyl (C=O) groups excluding carboxylic acids is 3. The summed E-state index contributed by atoms with van der Waals surface area (Å²) in [7, 11) is 3.09. The number of rotatable bonds is 13. The number of benzene rings is 4. The van der Waals surface area contributed by atoms with Crippen molar-refractivity contribution in [2.75, 3.05) is 37.2 Å². The zero-order chi connectivity index (χ0) is 31.3. The van der Waals surface area contributed by atoms with E-state index in [9.17, 15) is 14.4 Å². The number of hydrogen-bond acceptors (Lipinski definition) is 7. The quantitative estimate of drug-likeness (QED) is 0.121. The SMILES string of the molecule is CCOc1ccc(/C=C(\NC(=O)c2ccccc2)C(=O)Nc2ccc(SCC(=O)Nc3cc(OC)cc(OC)c3)cc2)cc1. The molecule has 3 amide bonds. The van der Waals surface area contributed by atoms with Crippen molar-refractivity contribution < 1.29 is 28.6 Å². The van der Waals surface area contributed by atoms with E-state index in [0.717, 1.165) is 4.90 Å². The lowest BCUT2D eigenvalue weighted by molar-refractivity contribution is -0.114. The van der Waals surface area contributed by atoms with Gasteiger partial charge in [-0.3, -0.25) is 14.4 Å². The van der Waals surface area contributed by atoms with Gasteiger partial charge in [-0.2, -0.15) is 0 Å². The Morgan fingerprint density at radius 2 is 1.41 bits per heavy atom. The maximum absolute atomic E-state index is 13.3. The summed E-state index contributed by atoms with van der Waals surface area (Å²) < 4.78 is 16.0. The fourth-order valence-electron chi connectivity index (χ4n) is 3.99. The standard InChI is InChI=1S/C34H33N3O6S/c1-4-43-27-14-10-23(11-15-27)18-31(37-33(39)24-8-6-5-7-9-24)34(40)36-25-12-16-30(17-13-25)44-22-32(38)35-26-19-28(41-2)21-29(20-26)42-3/h5-21H,4,22H2,1-3H3,(H,35,38)(H,36,40)(H,37,39)/b31-18-. The smallest absolute Gasteiger partial charge is 0.272 e. The van der Waals surface area contributed by atoms with Gasteiger partial charge in [0.2, 0.25) is 5.91 Å². The molecular weight excluding hydrogens is 578 g/mol. The number of ether oxygens (including phenoxy) is 3. The van der Waals surface area contributed by atoms with Gasteiger partial charge in [0.05, 0.1) is 26.6 Å². The van der Waals surface area contributed by atoms with E-state index in [1.807, 2.05) is 13.0 Å². The molecule has 44 heavy (non-hydrogen) atoms. The van der Waals surface area contributed by atoms with Gasteiger partial charge >= 0.3 is 0 Å². The topological polar surface area (TPSA) is 115 Å². The van der Waals surface area contributed by atoms with Gasteiger partial charge < -0.3 is 30.2 Å². The van der Waals surface area contributed by atoms with Crippen LogP contribution in [0.15, 0.2) is 108 Å². The van der Waals surface area contributed by atoms with Crippen molar-refractivity contribution in [1.82, 2.24) is 5.32 Å². The lowest BCUT2D eigenvalue weighted by Gasteiger charge is -2.12. The van der Waals surface area contributed by atoms with Crippen LogP contribution < -0.4 is 30.2 Å². The molecule has 0 saturated heterocycles. The van der Waals surface area contributed by atoms with Crippen LogP contribution in [0.1, 0.15) is 22.8 Å². The van der Waals surface area contributed by atoms with E-state index in [1.165, 1.54) is 11.8 Å².